The molecule has 1 aliphatic heterocycles. The zero-order valence-electron chi connectivity index (χ0n) is 9.60. The van der Waals surface area contributed by atoms with Crippen LogP contribution in [0.15, 0.2) is 29.4 Å². The van der Waals surface area contributed by atoms with E-state index in [4.69, 9.17) is 10.8 Å². The first kappa shape index (κ1) is 13.2. The molecule has 0 fully saturated rings. The third-order valence-electron chi connectivity index (χ3n) is 2.26. The SMILES string of the molecule is NCCCC[C@H](N=C1C=CC=CNN1)C(=O)O. The van der Waals surface area contributed by atoms with Crippen LogP contribution in [0, 0.1) is 0 Å². The molecule has 94 valence electrons. The topological polar surface area (TPSA) is 99.7 Å². The van der Waals surface area contributed by atoms with Crippen LogP contribution in [0.2, 0.25) is 0 Å². The summed E-state index contributed by atoms with van der Waals surface area (Å²) in [7, 11) is 0. The summed E-state index contributed by atoms with van der Waals surface area (Å²) >= 11 is 0. The molecule has 1 rings (SSSR count). The van der Waals surface area contributed by atoms with Gasteiger partial charge in [0.25, 0.3) is 0 Å². The van der Waals surface area contributed by atoms with Crippen LogP contribution in [-0.4, -0.2) is 29.5 Å². The van der Waals surface area contributed by atoms with Crippen LogP contribution >= 0.6 is 0 Å². The number of allylic oxidation sites excluding steroid dienone is 2. The van der Waals surface area contributed by atoms with Crippen molar-refractivity contribution in [2.45, 2.75) is 25.3 Å². The Morgan fingerprint density at radius 2 is 2.29 bits per heavy atom. The van der Waals surface area contributed by atoms with E-state index < -0.39 is 12.0 Å². The lowest BCUT2D eigenvalue weighted by atomic mass is 10.1. The average Bonchev–Trinajstić information content (AvgIpc) is 2.56. The highest BCUT2D eigenvalue weighted by molar-refractivity contribution is 5.94. The fourth-order valence-corrected chi connectivity index (χ4v) is 1.38. The molecule has 6 heteroatoms. The summed E-state index contributed by atoms with van der Waals surface area (Å²) in [5.41, 5.74) is 10.9. The summed E-state index contributed by atoms with van der Waals surface area (Å²) in [6, 6.07) is -0.728. The number of nitrogens with one attached hydrogen (secondary N) is 2. The minimum atomic E-state index is -0.915. The summed E-state index contributed by atoms with van der Waals surface area (Å²) in [5, 5.41) is 9.05. The van der Waals surface area contributed by atoms with Gasteiger partial charge in [-0.3, -0.25) is 10.4 Å². The number of rotatable bonds is 6. The Morgan fingerprint density at radius 1 is 1.47 bits per heavy atom. The lowest BCUT2D eigenvalue weighted by Crippen LogP contribution is -2.33. The molecule has 0 saturated carbocycles. The van der Waals surface area contributed by atoms with E-state index in [0.29, 0.717) is 18.8 Å². The first-order chi connectivity index (χ1) is 8.24. The Balaban J connectivity index is 2.58. The van der Waals surface area contributed by atoms with E-state index in [1.165, 1.54) is 0 Å². The average molecular weight is 238 g/mol. The van der Waals surface area contributed by atoms with Crippen LogP contribution in [0.4, 0.5) is 0 Å². The van der Waals surface area contributed by atoms with Crippen molar-refractivity contribution in [1.82, 2.24) is 10.9 Å². The largest absolute Gasteiger partial charge is 0.480 e. The van der Waals surface area contributed by atoms with Crippen molar-refractivity contribution in [3.8, 4) is 0 Å². The van der Waals surface area contributed by atoms with Gasteiger partial charge in [-0.05, 0) is 38.0 Å². The molecule has 0 spiro atoms. The molecule has 0 aliphatic carbocycles. The molecule has 6 nitrogen and oxygen atoms in total. The molecule has 5 N–H and O–H groups in total. The number of carboxylic acid groups (broad SMARTS) is 1. The molecule has 0 amide bonds. The first-order valence-corrected chi connectivity index (χ1v) is 5.59. The fourth-order valence-electron chi connectivity index (χ4n) is 1.38. The van der Waals surface area contributed by atoms with Crippen molar-refractivity contribution in [3.05, 3.63) is 24.4 Å². The van der Waals surface area contributed by atoms with Crippen molar-refractivity contribution in [2.75, 3.05) is 6.54 Å². The quantitative estimate of drug-likeness (QED) is 0.493. The lowest BCUT2D eigenvalue weighted by molar-refractivity contribution is -0.138. The molecule has 0 saturated heterocycles. The highest BCUT2D eigenvalue weighted by atomic mass is 16.4. The van der Waals surface area contributed by atoms with E-state index in [1.54, 1.807) is 24.4 Å². The van der Waals surface area contributed by atoms with Gasteiger partial charge >= 0.3 is 5.97 Å². The Kier molecular flexibility index (Phi) is 5.81. The van der Waals surface area contributed by atoms with Crippen molar-refractivity contribution in [2.24, 2.45) is 10.7 Å². The standard InChI is InChI=1S/C11H18N4O2/c12-7-3-1-5-9(11(16)17)14-10-6-2-4-8-13-15-10/h2,4,6,8-9,13H,1,3,5,7,12H2,(H,14,15)(H,16,17)/t9-/m0/s1. The van der Waals surface area contributed by atoms with Gasteiger partial charge in [0.15, 0.2) is 0 Å². The van der Waals surface area contributed by atoms with Crippen LogP contribution in [0.1, 0.15) is 19.3 Å². The molecule has 0 bridgehead atoms. The number of aliphatic carboxylic acids is 1. The predicted molar refractivity (Wildman–Crippen MR) is 66.3 cm³/mol. The summed E-state index contributed by atoms with van der Waals surface area (Å²) in [6.45, 7) is 0.576. The Morgan fingerprint density at radius 3 is 3.00 bits per heavy atom. The molecular formula is C11H18N4O2. The Hall–Kier alpha value is -1.82. The van der Waals surface area contributed by atoms with E-state index in [-0.39, 0.29) is 0 Å². The zero-order valence-corrected chi connectivity index (χ0v) is 9.60. The summed E-state index contributed by atoms with van der Waals surface area (Å²) in [4.78, 5) is 15.2. The number of amidine groups is 1. The Labute approximate surface area is 100 Å². The van der Waals surface area contributed by atoms with Gasteiger partial charge in [0.1, 0.15) is 11.9 Å². The van der Waals surface area contributed by atoms with Crippen molar-refractivity contribution < 1.29 is 9.90 Å². The maximum atomic E-state index is 11.0. The molecule has 1 heterocycles. The van der Waals surface area contributed by atoms with Crippen LogP contribution in [-0.2, 0) is 4.79 Å². The highest BCUT2D eigenvalue weighted by Gasteiger charge is 2.16. The molecule has 0 aromatic heterocycles. The number of hydrazine groups is 1. The molecule has 1 atom stereocenters. The third-order valence-corrected chi connectivity index (χ3v) is 2.26. The van der Waals surface area contributed by atoms with E-state index in [0.717, 1.165) is 12.8 Å². The van der Waals surface area contributed by atoms with Gasteiger partial charge in [-0.25, -0.2) is 4.79 Å². The van der Waals surface area contributed by atoms with Gasteiger partial charge in [0.05, 0.1) is 0 Å². The van der Waals surface area contributed by atoms with Crippen LogP contribution in [0.3, 0.4) is 0 Å². The van der Waals surface area contributed by atoms with Gasteiger partial charge < -0.3 is 16.3 Å². The molecule has 0 aromatic carbocycles. The van der Waals surface area contributed by atoms with E-state index in [1.807, 2.05) is 0 Å². The van der Waals surface area contributed by atoms with Crippen molar-refractivity contribution in [3.63, 3.8) is 0 Å². The number of aliphatic imine (C=N–C) groups is 1. The van der Waals surface area contributed by atoms with Crippen molar-refractivity contribution in [1.29, 1.82) is 0 Å². The fraction of sp³-hybridized carbons (Fsp3) is 0.455. The third kappa shape index (κ3) is 5.17. The van der Waals surface area contributed by atoms with Crippen LogP contribution < -0.4 is 16.6 Å². The van der Waals surface area contributed by atoms with Crippen LogP contribution in [0.25, 0.3) is 0 Å². The number of nitrogens with two attached hydrogens (primary N) is 1. The van der Waals surface area contributed by atoms with E-state index >= 15 is 0 Å². The van der Waals surface area contributed by atoms with Gasteiger partial charge in [0.2, 0.25) is 0 Å². The monoisotopic (exact) mass is 238 g/mol. The number of hydrogen-bond acceptors (Lipinski definition) is 4. The number of hydrogen-bond donors (Lipinski definition) is 4. The van der Waals surface area contributed by atoms with Gasteiger partial charge in [-0.2, -0.15) is 0 Å². The van der Waals surface area contributed by atoms with Gasteiger partial charge in [0, 0.05) is 6.20 Å². The summed E-state index contributed by atoms with van der Waals surface area (Å²) in [6.07, 6.45) is 9.07. The molecular weight excluding hydrogens is 220 g/mol. The van der Waals surface area contributed by atoms with Crippen LogP contribution in [0.5, 0.6) is 0 Å². The second-order valence-corrected chi connectivity index (χ2v) is 3.64. The molecule has 0 unspecified atom stereocenters. The van der Waals surface area contributed by atoms with Gasteiger partial charge in [-0.1, -0.05) is 6.08 Å². The normalized spacial score (nSPS) is 18.3. The minimum Gasteiger partial charge on any atom is -0.480 e. The number of nitrogens with zero attached hydrogens (tertiary/aromatic N) is 1. The number of carbonyl (C=O) groups is 1. The lowest BCUT2D eigenvalue weighted by Gasteiger charge is -2.10. The maximum absolute atomic E-state index is 11.0. The zero-order chi connectivity index (χ0) is 12.5. The molecule has 1 aliphatic rings. The smallest absolute Gasteiger partial charge is 0.328 e. The number of unbranched alkanes of at least 4 members (excludes halogenated alkanes) is 1. The van der Waals surface area contributed by atoms with Crippen molar-refractivity contribution >= 4 is 11.8 Å². The summed E-state index contributed by atoms with van der Waals surface area (Å²) in [5.74, 6) is -0.405. The second kappa shape index (κ2) is 7.45. The first-order valence-electron chi connectivity index (χ1n) is 5.59. The number of carboxylic acids is 1. The van der Waals surface area contributed by atoms with Gasteiger partial charge in [-0.15, -0.1) is 0 Å². The maximum Gasteiger partial charge on any atom is 0.328 e. The molecule has 0 radical (unpaired) electrons. The van der Waals surface area contributed by atoms with E-state index in [2.05, 4.69) is 15.8 Å². The molecule has 0 aromatic rings. The minimum absolute atomic E-state index is 0.499. The van der Waals surface area contributed by atoms with E-state index in [9.17, 15) is 4.79 Å². The predicted octanol–water partition coefficient (Wildman–Crippen LogP) is 0.145. The highest BCUT2D eigenvalue weighted by Crippen LogP contribution is 2.05. The summed E-state index contributed by atoms with van der Waals surface area (Å²) < 4.78 is 0. The molecule has 17 heavy (non-hydrogen) atoms. The Bertz CT molecular complexity index is 336. The second-order valence-electron chi connectivity index (χ2n) is 3.64.